The monoisotopic (exact) mass is 365 g/mol. The van der Waals surface area contributed by atoms with Crippen LogP contribution in [0.3, 0.4) is 0 Å². The number of carboxylic acids is 1. The van der Waals surface area contributed by atoms with Gasteiger partial charge >= 0.3 is 12.0 Å². The van der Waals surface area contributed by atoms with Crippen LogP contribution in [-0.4, -0.2) is 21.7 Å². The number of carbonyl (C=O) groups is 2. The van der Waals surface area contributed by atoms with E-state index in [0.29, 0.717) is 18.0 Å². The molecule has 6 nitrogen and oxygen atoms in total. The Morgan fingerprint density at radius 1 is 1.11 bits per heavy atom. The average molecular weight is 365 g/mol. The lowest BCUT2D eigenvalue weighted by Gasteiger charge is -2.12. The number of carboxylic acid groups (broad SMARTS) is 1. The van der Waals surface area contributed by atoms with Crippen molar-refractivity contribution < 1.29 is 14.7 Å². The van der Waals surface area contributed by atoms with Crippen molar-refractivity contribution in [3.8, 4) is 0 Å². The molecule has 2 amide bonds. The van der Waals surface area contributed by atoms with Crippen LogP contribution in [0.5, 0.6) is 0 Å². The summed E-state index contributed by atoms with van der Waals surface area (Å²) >= 11 is 0. The van der Waals surface area contributed by atoms with Gasteiger partial charge in [0.15, 0.2) is 6.04 Å². The first kappa shape index (κ1) is 18.5. The summed E-state index contributed by atoms with van der Waals surface area (Å²) in [7, 11) is 0. The van der Waals surface area contributed by atoms with E-state index in [-0.39, 0.29) is 0 Å². The van der Waals surface area contributed by atoms with Crippen LogP contribution < -0.4 is 11.1 Å². The molecular weight excluding hydrogens is 342 g/mol. The molecule has 0 aliphatic rings. The highest BCUT2D eigenvalue weighted by atomic mass is 16.4. The van der Waals surface area contributed by atoms with E-state index in [1.807, 2.05) is 28.8 Å². The van der Waals surface area contributed by atoms with Gasteiger partial charge in [-0.25, -0.2) is 9.59 Å². The second-order valence-corrected chi connectivity index (χ2v) is 6.91. The molecule has 0 saturated heterocycles. The van der Waals surface area contributed by atoms with Crippen LogP contribution in [0.1, 0.15) is 42.5 Å². The predicted molar refractivity (Wildman–Crippen MR) is 105 cm³/mol. The average Bonchev–Trinajstić information content (AvgIpc) is 2.98. The van der Waals surface area contributed by atoms with Crippen LogP contribution in [-0.2, 0) is 11.3 Å². The zero-order valence-electron chi connectivity index (χ0n) is 15.3. The van der Waals surface area contributed by atoms with Crippen LogP contribution in [0.2, 0.25) is 0 Å². The Kier molecular flexibility index (Phi) is 5.16. The van der Waals surface area contributed by atoms with Gasteiger partial charge in [0, 0.05) is 29.2 Å². The second kappa shape index (κ2) is 7.53. The number of primary amides is 1. The van der Waals surface area contributed by atoms with Crippen molar-refractivity contribution in [3.05, 3.63) is 71.4 Å². The Morgan fingerprint density at radius 2 is 1.78 bits per heavy atom. The third-order valence-electron chi connectivity index (χ3n) is 4.66. The number of nitrogens with two attached hydrogens (primary N) is 1. The van der Waals surface area contributed by atoms with Crippen LogP contribution in [0.15, 0.2) is 54.7 Å². The van der Waals surface area contributed by atoms with Crippen molar-refractivity contribution in [2.45, 2.75) is 32.4 Å². The Morgan fingerprint density at radius 3 is 2.37 bits per heavy atom. The van der Waals surface area contributed by atoms with Gasteiger partial charge in [-0.05, 0) is 23.1 Å². The summed E-state index contributed by atoms with van der Waals surface area (Å²) in [6, 6.07) is 13.9. The molecule has 0 aliphatic carbocycles. The minimum Gasteiger partial charge on any atom is -0.479 e. The number of benzene rings is 2. The molecule has 27 heavy (non-hydrogen) atoms. The third-order valence-corrected chi connectivity index (χ3v) is 4.66. The molecule has 1 aromatic heterocycles. The number of amides is 2. The van der Waals surface area contributed by atoms with Crippen molar-refractivity contribution in [1.82, 2.24) is 9.88 Å². The van der Waals surface area contributed by atoms with Crippen molar-refractivity contribution in [1.29, 1.82) is 0 Å². The number of para-hydroxylation sites is 1. The zero-order chi connectivity index (χ0) is 19.6. The first-order valence-electron chi connectivity index (χ1n) is 8.82. The van der Waals surface area contributed by atoms with E-state index in [1.54, 1.807) is 6.20 Å². The Balaban J connectivity index is 2.01. The van der Waals surface area contributed by atoms with Gasteiger partial charge in [-0.3, -0.25) is 0 Å². The number of carbonyl (C=O) groups excluding carboxylic acids is 1. The molecule has 1 atom stereocenters. The molecule has 0 aliphatic heterocycles. The molecule has 4 N–H and O–H groups in total. The van der Waals surface area contributed by atoms with Crippen LogP contribution >= 0.6 is 0 Å². The number of urea groups is 1. The van der Waals surface area contributed by atoms with Gasteiger partial charge in [0.25, 0.3) is 0 Å². The number of hydrogen-bond donors (Lipinski definition) is 3. The van der Waals surface area contributed by atoms with Crippen molar-refractivity contribution in [2.24, 2.45) is 5.73 Å². The first-order valence-corrected chi connectivity index (χ1v) is 8.82. The highest BCUT2D eigenvalue weighted by Crippen LogP contribution is 2.28. The van der Waals surface area contributed by atoms with Gasteiger partial charge in [0.2, 0.25) is 0 Å². The molecule has 0 saturated carbocycles. The summed E-state index contributed by atoms with van der Waals surface area (Å²) in [5.74, 6) is -0.688. The van der Waals surface area contributed by atoms with E-state index < -0.39 is 18.0 Å². The number of fused-ring (bicyclic) bond motifs is 1. The standard InChI is InChI=1S/C21H23N3O3/c1-13(2)15-9-7-14(8-10-15)11-24-12-17(16-5-3-4-6-18(16)24)19(20(25)26)23-21(22)27/h3-10,12-13,19H,11H2,1-2H3,(H,25,26)(H3,22,23,27). The summed E-state index contributed by atoms with van der Waals surface area (Å²) in [6.45, 7) is 4.90. The van der Waals surface area contributed by atoms with Crippen LogP contribution in [0, 0.1) is 0 Å². The van der Waals surface area contributed by atoms with Crippen LogP contribution in [0.25, 0.3) is 10.9 Å². The second-order valence-electron chi connectivity index (χ2n) is 6.91. The molecular formula is C21H23N3O3. The summed E-state index contributed by atoms with van der Waals surface area (Å²) in [5, 5.41) is 12.6. The van der Waals surface area contributed by atoms with Gasteiger partial charge in [0.05, 0.1) is 0 Å². The Labute approximate surface area is 157 Å². The highest BCUT2D eigenvalue weighted by Gasteiger charge is 2.25. The largest absolute Gasteiger partial charge is 0.479 e. The van der Waals surface area contributed by atoms with Crippen LogP contribution in [0.4, 0.5) is 4.79 Å². The minimum atomic E-state index is -1.20. The fraction of sp³-hybridized carbons (Fsp3) is 0.238. The van der Waals surface area contributed by atoms with Crippen molar-refractivity contribution in [2.75, 3.05) is 0 Å². The quantitative estimate of drug-likeness (QED) is 0.622. The molecule has 3 aromatic rings. The molecule has 6 heteroatoms. The van der Waals surface area contributed by atoms with E-state index in [2.05, 4.69) is 43.4 Å². The maximum atomic E-state index is 11.7. The number of rotatable bonds is 6. The Bertz CT molecular complexity index is 974. The molecule has 1 heterocycles. The summed E-state index contributed by atoms with van der Waals surface area (Å²) in [4.78, 5) is 22.9. The van der Waals surface area contributed by atoms with Gasteiger partial charge in [-0.2, -0.15) is 0 Å². The summed E-state index contributed by atoms with van der Waals surface area (Å²) in [5.41, 5.74) is 8.96. The fourth-order valence-corrected chi connectivity index (χ4v) is 3.26. The lowest BCUT2D eigenvalue weighted by atomic mass is 10.0. The van der Waals surface area contributed by atoms with E-state index >= 15 is 0 Å². The van der Waals surface area contributed by atoms with Gasteiger partial charge in [0.1, 0.15) is 0 Å². The molecule has 3 rings (SSSR count). The first-order chi connectivity index (χ1) is 12.9. The number of nitrogens with one attached hydrogen (secondary N) is 1. The minimum absolute atomic E-state index is 0.467. The van der Waals surface area contributed by atoms with Crippen molar-refractivity contribution >= 4 is 22.9 Å². The fourth-order valence-electron chi connectivity index (χ4n) is 3.26. The zero-order valence-corrected chi connectivity index (χ0v) is 15.3. The van der Waals surface area contributed by atoms with Gasteiger partial charge in [-0.15, -0.1) is 0 Å². The molecule has 140 valence electrons. The number of aromatic nitrogens is 1. The maximum Gasteiger partial charge on any atom is 0.331 e. The van der Waals surface area contributed by atoms with Crippen molar-refractivity contribution in [3.63, 3.8) is 0 Å². The van der Waals surface area contributed by atoms with E-state index in [4.69, 9.17) is 5.73 Å². The van der Waals surface area contributed by atoms with Gasteiger partial charge in [-0.1, -0.05) is 56.3 Å². The normalized spacial score (nSPS) is 12.3. The summed E-state index contributed by atoms with van der Waals surface area (Å²) < 4.78 is 1.99. The lowest BCUT2D eigenvalue weighted by molar-refractivity contribution is -0.139. The number of aliphatic carboxylic acids is 1. The third kappa shape index (κ3) is 3.95. The molecule has 0 bridgehead atoms. The number of hydrogen-bond acceptors (Lipinski definition) is 2. The maximum absolute atomic E-state index is 11.7. The smallest absolute Gasteiger partial charge is 0.331 e. The predicted octanol–water partition coefficient (Wildman–Crippen LogP) is 3.61. The SMILES string of the molecule is CC(C)c1ccc(Cn2cc(C(NC(N)=O)C(=O)O)c3ccccc32)cc1. The molecule has 1 unspecified atom stereocenters. The molecule has 0 radical (unpaired) electrons. The van der Waals surface area contributed by atoms with E-state index in [0.717, 1.165) is 16.5 Å². The molecule has 0 spiro atoms. The molecule has 0 fully saturated rings. The topological polar surface area (TPSA) is 97.4 Å². The number of nitrogens with zero attached hydrogens (tertiary/aromatic N) is 1. The summed E-state index contributed by atoms with van der Waals surface area (Å²) in [6.07, 6.45) is 1.77. The highest BCUT2D eigenvalue weighted by molar-refractivity contribution is 5.91. The van der Waals surface area contributed by atoms with E-state index in [9.17, 15) is 14.7 Å². The molecule has 2 aromatic carbocycles. The Hall–Kier alpha value is -3.28. The lowest BCUT2D eigenvalue weighted by Crippen LogP contribution is -2.37. The van der Waals surface area contributed by atoms with Gasteiger partial charge < -0.3 is 20.7 Å². The van der Waals surface area contributed by atoms with E-state index in [1.165, 1.54) is 5.56 Å².